The standard InChI is InChI=1S/C6H7NO3S2/c1-3-5(12(9)10)2-4(11-3)6(7)8/h2H,1H3,(H2,7,8)(H,9,10). The molecule has 6 heteroatoms. The minimum absolute atomic E-state index is 0.258. The van der Waals surface area contributed by atoms with Crippen LogP contribution in [0.5, 0.6) is 0 Å². The van der Waals surface area contributed by atoms with E-state index in [-0.39, 0.29) is 4.90 Å². The number of thiophene rings is 1. The first-order chi connectivity index (χ1) is 5.52. The molecule has 0 bridgehead atoms. The van der Waals surface area contributed by atoms with Gasteiger partial charge in [-0.1, -0.05) is 0 Å². The number of rotatable bonds is 2. The number of primary amides is 1. The summed E-state index contributed by atoms with van der Waals surface area (Å²) in [5.41, 5.74) is 4.99. The molecule has 66 valence electrons. The van der Waals surface area contributed by atoms with Gasteiger partial charge < -0.3 is 10.3 Å². The van der Waals surface area contributed by atoms with Crippen LogP contribution in [0.4, 0.5) is 0 Å². The Hall–Kier alpha value is -0.720. The Morgan fingerprint density at radius 1 is 1.75 bits per heavy atom. The largest absolute Gasteiger partial charge is 0.365 e. The molecule has 0 aliphatic carbocycles. The number of hydrogen-bond donors (Lipinski definition) is 2. The summed E-state index contributed by atoms with van der Waals surface area (Å²) in [7, 11) is 0. The summed E-state index contributed by atoms with van der Waals surface area (Å²) in [4.78, 5) is 11.9. The molecule has 1 heterocycles. The Morgan fingerprint density at radius 3 is 2.58 bits per heavy atom. The summed E-state index contributed by atoms with van der Waals surface area (Å²) in [5, 5.41) is 0. The molecular formula is C6H7NO3S2. The first-order valence-corrected chi connectivity index (χ1v) is 4.95. The summed E-state index contributed by atoms with van der Waals surface area (Å²) in [5.74, 6) is -0.570. The van der Waals surface area contributed by atoms with Gasteiger partial charge in [-0.15, -0.1) is 11.3 Å². The van der Waals surface area contributed by atoms with Crippen LogP contribution in [0.3, 0.4) is 0 Å². The number of aryl methyl sites for hydroxylation is 1. The van der Waals surface area contributed by atoms with Gasteiger partial charge in [0, 0.05) is 4.88 Å². The zero-order valence-corrected chi connectivity index (χ0v) is 7.87. The molecule has 0 aliphatic heterocycles. The Kier molecular flexibility index (Phi) is 2.61. The third-order valence-corrected chi connectivity index (χ3v) is 3.30. The van der Waals surface area contributed by atoms with Crippen LogP contribution in [0.2, 0.25) is 0 Å². The average Bonchev–Trinajstić information content (AvgIpc) is 2.30. The number of carbonyl (C=O) groups excluding carboxylic acids is 1. The second kappa shape index (κ2) is 3.34. The molecule has 0 fully saturated rings. The van der Waals surface area contributed by atoms with Gasteiger partial charge in [0.2, 0.25) is 0 Å². The van der Waals surface area contributed by atoms with Gasteiger partial charge in [-0.25, -0.2) is 4.21 Å². The molecule has 1 unspecified atom stereocenters. The SMILES string of the molecule is Cc1sc(C(N)=O)cc1S(=O)O. The maximum atomic E-state index is 10.6. The lowest BCUT2D eigenvalue weighted by Crippen LogP contribution is -2.08. The average molecular weight is 205 g/mol. The van der Waals surface area contributed by atoms with E-state index in [9.17, 15) is 9.00 Å². The molecule has 1 aromatic rings. The van der Waals surface area contributed by atoms with Gasteiger partial charge in [0.25, 0.3) is 5.91 Å². The highest BCUT2D eigenvalue weighted by atomic mass is 32.2. The van der Waals surface area contributed by atoms with Crippen molar-refractivity contribution in [1.29, 1.82) is 0 Å². The summed E-state index contributed by atoms with van der Waals surface area (Å²) < 4.78 is 19.3. The molecule has 0 aliphatic rings. The predicted octanol–water partition coefficient (Wildman–Crippen LogP) is 0.736. The highest BCUT2D eigenvalue weighted by Gasteiger charge is 2.12. The van der Waals surface area contributed by atoms with Crippen LogP contribution in [0.15, 0.2) is 11.0 Å². The van der Waals surface area contributed by atoms with Crippen LogP contribution in [0.25, 0.3) is 0 Å². The van der Waals surface area contributed by atoms with Crippen LogP contribution in [0, 0.1) is 6.92 Å². The Balaban J connectivity index is 3.17. The van der Waals surface area contributed by atoms with E-state index < -0.39 is 17.0 Å². The first kappa shape index (κ1) is 9.37. The van der Waals surface area contributed by atoms with Crippen LogP contribution in [-0.2, 0) is 11.1 Å². The van der Waals surface area contributed by atoms with Crippen LogP contribution >= 0.6 is 11.3 Å². The van der Waals surface area contributed by atoms with Crippen LogP contribution in [-0.4, -0.2) is 14.7 Å². The second-order valence-corrected chi connectivity index (χ2v) is 4.34. The van der Waals surface area contributed by atoms with Crippen molar-refractivity contribution in [3.8, 4) is 0 Å². The van der Waals surface area contributed by atoms with Gasteiger partial charge >= 0.3 is 0 Å². The van der Waals surface area contributed by atoms with E-state index in [0.29, 0.717) is 9.75 Å². The van der Waals surface area contributed by atoms with Crippen molar-refractivity contribution in [3.05, 3.63) is 15.8 Å². The molecule has 0 radical (unpaired) electrons. The highest BCUT2D eigenvalue weighted by Crippen LogP contribution is 2.23. The molecule has 0 saturated heterocycles. The minimum atomic E-state index is -2.03. The number of carbonyl (C=O) groups is 1. The van der Waals surface area contributed by atoms with Gasteiger partial charge in [-0.2, -0.15) is 0 Å². The first-order valence-electron chi connectivity index (χ1n) is 3.03. The van der Waals surface area contributed by atoms with Crippen molar-refractivity contribution >= 4 is 28.3 Å². The maximum Gasteiger partial charge on any atom is 0.258 e. The zero-order valence-electron chi connectivity index (χ0n) is 6.23. The van der Waals surface area contributed by atoms with E-state index in [1.165, 1.54) is 6.07 Å². The van der Waals surface area contributed by atoms with E-state index in [1.54, 1.807) is 6.92 Å². The highest BCUT2D eigenvalue weighted by molar-refractivity contribution is 7.79. The third kappa shape index (κ3) is 1.71. The van der Waals surface area contributed by atoms with Gasteiger partial charge in [0.15, 0.2) is 11.1 Å². The topological polar surface area (TPSA) is 80.4 Å². The summed E-state index contributed by atoms with van der Waals surface area (Å²) in [6.07, 6.45) is 0. The van der Waals surface area contributed by atoms with Crippen molar-refractivity contribution in [3.63, 3.8) is 0 Å². The predicted molar refractivity (Wildman–Crippen MR) is 46.6 cm³/mol. The maximum absolute atomic E-state index is 10.6. The van der Waals surface area contributed by atoms with Crippen molar-refractivity contribution in [1.82, 2.24) is 0 Å². The molecule has 3 N–H and O–H groups in total. The van der Waals surface area contributed by atoms with Crippen molar-refractivity contribution < 1.29 is 13.6 Å². The van der Waals surface area contributed by atoms with E-state index in [4.69, 9.17) is 10.3 Å². The fourth-order valence-corrected chi connectivity index (χ4v) is 2.40. The van der Waals surface area contributed by atoms with Crippen LogP contribution < -0.4 is 5.73 Å². The summed E-state index contributed by atoms with van der Waals surface area (Å²) in [6, 6.07) is 1.35. The van der Waals surface area contributed by atoms with Crippen LogP contribution in [0.1, 0.15) is 14.5 Å². The monoisotopic (exact) mass is 205 g/mol. The van der Waals surface area contributed by atoms with Crippen molar-refractivity contribution in [2.45, 2.75) is 11.8 Å². The van der Waals surface area contributed by atoms with E-state index in [0.717, 1.165) is 11.3 Å². The smallest absolute Gasteiger partial charge is 0.258 e. The fourth-order valence-electron chi connectivity index (χ4n) is 0.760. The number of hydrogen-bond acceptors (Lipinski definition) is 3. The Labute approximate surface area is 75.7 Å². The Bertz CT molecular complexity index is 345. The third-order valence-electron chi connectivity index (χ3n) is 1.30. The molecule has 1 atom stereocenters. The normalized spacial score (nSPS) is 12.8. The van der Waals surface area contributed by atoms with E-state index >= 15 is 0 Å². The lowest BCUT2D eigenvalue weighted by Gasteiger charge is -1.87. The molecular weight excluding hydrogens is 198 g/mol. The summed E-state index contributed by atoms with van der Waals surface area (Å²) >= 11 is -0.910. The van der Waals surface area contributed by atoms with Crippen molar-refractivity contribution in [2.75, 3.05) is 0 Å². The van der Waals surface area contributed by atoms with Gasteiger partial charge in [-0.3, -0.25) is 4.79 Å². The Morgan fingerprint density at radius 2 is 2.33 bits per heavy atom. The zero-order chi connectivity index (χ0) is 9.30. The molecule has 1 rings (SSSR count). The van der Waals surface area contributed by atoms with Crippen molar-refractivity contribution in [2.24, 2.45) is 5.73 Å². The van der Waals surface area contributed by atoms with Gasteiger partial charge in [-0.05, 0) is 13.0 Å². The lowest BCUT2D eigenvalue weighted by molar-refractivity contribution is 0.100. The molecule has 4 nitrogen and oxygen atoms in total. The number of amides is 1. The molecule has 12 heavy (non-hydrogen) atoms. The molecule has 0 aromatic carbocycles. The van der Waals surface area contributed by atoms with E-state index in [1.807, 2.05) is 0 Å². The molecule has 1 aromatic heterocycles. The quantitative estimate of drug-likeness (QED) is 0.699. The fraction of sp³-hybridized carbons (Fsp3) is 0.167. The lowest BCUT2D eigenvalue weighted by atomic mass is 10.4. The van der Waals surface area contributed by atoms with Gasteiger partial charge in [0.05, 0.1) is 9.77 Å². The number of nitrogens with two attached hydrogens (primary N) is 1. The summed E-state index contributed by atoms with van der Waals surface area (Å²) in [6.45, 7) is 1.67. The molecule has 1 amide bonds. The second-order valence-electron chi connectivity index (χ2n) is 2.14. The van der Waals surface area contributed by atoms with Gasteiger partial charge in [0.1, 0.15) is 0 Å². The molecule has 0 spiro atoms. The van der Waals surface area contributed by atoms with E-state index in [2.05, 4.69) is 0 Å². The minimum Gasteiger partial charge on any atom is -0.365 e. The molecule has 0 saturated carbocycles.